The number of carbonyl (C=O) groups is 1. The highest BCUT2D eigenvalue weighted by Gasteiger charge is 2.21. The van der Waals surface area contributed by atoms with E-state index in [9.17, 15) is 4.79 Å². The predicted octanol–water partition coefficient (Wildman–Crippen LogP) is 0.790. The minimum Gasteiger partial charge on any atom is -0.378 e. The highest BCUT2D eigenvalue weighted by molar-refractivity contribution is 5.81. The number of nitrogens with one attached hydrogen (secondary N) is 1. The standard InChI is InChI=1S/C12H22N2O2/c1-3-4-5-6-13-11(2)12(15)14-7-9-16-10-8-14/h3,11,13H,1,4-10H2,2H3. The van der Waals surface area contributed by atoms with E-state index in [0.29, 0.717) is 13.2 Å². The third-order valence-electron chi connectivity index (χ3n) is 2.73. The van der Waals surface area contributed by atoms with Crippen molar-refractivity contribution in [3.8, 4) is 0 Å². The van der Waals surface area contributed by atoms with Crippen molar-refractivity contribution in [1.82, 2.24) is 10.2 Å². The first kappa shape index (κ1) is 13.2. The molecule has 0 spiro atoms. The van der Waals surface area contributed by atoms with E-state index in [1.54, 1.807) is 0 Å². The molecule has 0 bridgehead atoms. The molecular formula is C12H22N2O2. The zero-order valence-electron chi connectivity index (χ0n) is 10.1. The van der Waals surface area contributed by atoms with Gasteiger partial charge in [-0.2, -0.15) is 0 Å². The Kier molecular flexibility index (Phi) is 6.11. The van der Waals surface area contributed by atoms with Gasteiger partial charge in [-0.15, -0.1) is 6.58 Å². The largest absolute Gasteiger partial charge is 0.378 e. The second kappa shape index (κ2) is 7.41. The average molecular weight is 226 g/mol. The van der Waals surface area contributed by atoms with Gasteiger partial charge in [0, 0.05) is 13.1 Å². The van der Waals surface area contributed by atoms with Crippen molar-refractivity contribution >= 4 is 5.91 Å². The Morgan fingerprint density at radius 1 is 1.56 bits per heavy atom. The smallest absolute Gasteiger partial charge is 0.239 e. The van der Waals surface area contributed by atoms with Gasteiger partial charge in [0.1, 0.15) is 0 Å². The molecule has 0 aromatic heterocycles. The van der Waals surface area contributed by atoms with Crippen molar-refractivity contribution in [2.75, 3.05) is 32.8 Å². The Balaban J connectivity index is 2.20. The van der Waals surface area contributed by atoms with Gasteiger partial charge in [-0.3, -0.25) is 4.79 Å². The van der Waals surface area contributed by atoms with Crippen LogP contribution in [0.25, 0.3) is 0 Å². The molecule has 0 saturated carbocycles. The topological polar surface area (TPSA) is 41.6 Å². The lowest BCUT2D eigenvalue weighted by atomic mass is 10.2. The maximum absolute atomic E-state index is 11.9. The average Bonchev–Trinajstić information content (AvgIpc) is 2.34. The molecule has 4 nitrogen and oxygen atoms in total. The molecule has 1 rings (SSSR count). The summed E-state index contributed by atoms with van der Waals surface area (Å²) < 4.78 is 5.22. The van der Waals surface area contributed by atoms with E-state index in [-0.39, 0.29) is 11.9 Å². The van der Waals surface area contributed by atoms with Crippen molar-refractivity contribution in [1.29, 1.82) is 0 Å². The number of ether oxygens (including phenoxy) is 1. The van der Waals surface area contributed by atoms with E-state index < -0.39 is 0 Å². The van der Waals surface area contributed by atoms with Gasteiger partial charge in [0.15, 0.2) is 0 Å². The van der Waals surface area contributed by atoms with Crippen molar-refractivity contribution in [3.05, 3.63) is 12.7 Å². The molecule has 1 N–H and O–H groups in total. The van der Waals surface area contributed by atoms with Gasteiger partial charge in [-0.1, -0.05) is 6.08 Å². The van der Waals surface area contributed by atoms with Crippen LogP contribution in [0, 0.1) is 0 Å². The molecule has 1 atom stereocenters. The van der Waals surface area contributed by atoms with Gasteiger partial charge >= 0.3 is 0 Å². The molecule has 4 heteroatoms. The Morgan fingerprint density at radius 2 is 2.25 bits per heavy atom. The van der Waals surface area contributed by atoms with Crippen molar-refractivity contribution in [3.63, 3.8) is 0 Å². The molecular weight excluding hydrogens is 204 g/mol. The first-order valence-electron chi connectivity index (χ1n) is 5.96. The quantitative estimate of drug-likeness (QED) is 0.538. The summed E-state index contributed by atoms with van der Waals surface area (Å²) in [6, 6.07) is -0.0945. The van der Waals surface area contributed by atoms with Gasteiger partial charge in [-0.25, -0.2) is 0 Å². The highest BCUT2D eigenvalue weighted by atomic mass is 16.5. The molecule has 92 valence electrons. The summed E-state index contributed by atoms with van der Waals surface area (Å²) in [6.07, 6.45) is 3.92. The first-order valence-corrected chi connectivity index (χ1v) is 5.96. The number of nitrogens with zero attached hydrogens (tertiary/aromatic N) is 1. The molecule has 1 amide bonds. The van der Waals surface area contributed by atoms with E-state index >= 15 is 0 Å². The van der Waals surface area contributed by atoms with Crippen LogP contribution in [0.4, 0.5) is 0 Å². The van der Waals surface area contributed by atoms with Crippen LogP contribution >= 0.6 is 0 Å². The van der Waals surface area contributed by atoms with Crippen LogP contribution in [0.2, 0.25) is 0 Å². The number of rotatable bonds is 6. The number of carbonyl (C=O) groups excluding carboxylic acids is 1. The summed E-state index contributed by atoms with van der Waals surface area (Å²) >= 11 is 0. The summed E-state index contributed by atoms with van der Waals surface area (Å²) in [6.45, 7) is 9.22. The van der Waals surface area contributed by atoms with E-state index in [4.69, 9.17) is 4.74 Å². The Bertz CT molecular complexity index is 225. The number of hydrogen-bond donors (Lipinski definition) is 1. The Labute approximate surface area is 97.6 Å². The molecule has 0 aliphatic carbocycles. The van der Waals surface area contributed by atoms with Crippen LogP contribution in [0.5, 0.6) is 0 Å². The molecule has 1 aliphatic rings. The molecule has 0 radical (unpaired) electrons. The number of allylic oxidation sites excluding steroid dienone is 1. The predicted molar refractivity (Wildman–Crippen MR) is 64.3 cm³/mol. The second-order valence-electron chi connectivity index (χ2n) is 4.04. The summed E-state index contributed by atoms with van der Waals surface area (Å²) in [5.74, 6) is 0.182. The molecule has 1 heterocycles. The monoisotopic (exact) mass is 226 g/mol. The molecule has 1 unspecified atom stereocenters. The fourth-order valence-electron chi connectivity index (χ4n) is 1.71. The summed E-state index contributed by atoms with van der Waals surface area (Å²) in [4.78, 5) is 13.8. The van der Waals surface area contributed by atoms with Crippen LogP contribution in [-0.2, 0) is 9.53 Å². The molecule has 1 fully saturated rings. The van der Waals surface area contributed by atoms with E-state index in [1.165, 1.54) is 0 Å². The molecule has 16 heavy (non-hydrogen) atoms. The Hall–Kier alpha value is -0.870. The van der Waals surface area contributed by atoms with Gasteiger partial charge < -0.3 is 15.0 Å². The number of unbranched alkanes of at least 4 members (excludes halogenated alkanes) is 1. The van der Waals surface area contributed by atoms with Crippen LogP contribution in [0.15, 0.2) is 12.7 Å². The van der Waals surface area contributed by atoms with E-state index in [2.05, 4.69) is 11.9 Å². The fourth-order valence-corrected chi connectivity index (χ4v) is 1.71. The Morgan fingerprint density at radius 3 is 2.88 bits per heavy atom. The zero-order valence-corrected chi connectivity index (χ0v) is 10.1. The normalized spacial score (nSPS) is 18.2. The maximum atomic E-state index is 11.9. The zero-order chi connectivity index (χ0) is 11.8. The minimum absolute atomic E-state index is 0.0945. The van der Waals surface area contributed by atoms with Gasteiger partial charge in [0.05, 0.1) is 19.3 Å². The molecule has 1 aliphatic heterocycles. The third-order valence-corrected chi connectivity index (χ3v) is 2.73. The number of hydrogen-bond acceptors (Lipinski definition) is 3. The highest BCUT2D eigenvalue weighted by Crippen LogP contribution is 2.00. The van der Waals surface area contributed by atoms with E-state index in [1.807, 2.05) is 17.9 Å². The van der Waals surface area contributed by atoms with Crippen LogP contribution < -0.4 is 5.32 Å². The molecule has 0 aromatic carbocycles. The summed E-state index contributed by atoms with van der Waals surface area (Å²) in [5, 5.41) is 3.23. The lowest BCUT2D eigenvalue weighted by Gasteiger charge is -2.29. The van der Waals surface area contributed by atoms with Gasteiger partial charge in [-0.05, 0) is 26.3 Å². The first-order chi connectivity index (χ1) is 7.75. The van der Waals surface area contributed by atoms with Crippen molar-refractivity contribution in [2.45, 2.75) is 25.8 Å². The summed E-state index contributed by atoms with van der Waals surface area (Å²) in [7, 11) is 0. The lowest BCUT2D eigenvalue weighted by Crippen LogP contribution is -2.49. The maximum Gasteiger partial charge on any atom is 0.239 e. The van der Waals surface area contributed by atoms with Gasteiger partial charge in [0.25, 0.3) is 0 Å². The van der Waals surface area contributed by atoms with Crippen LogP contribution in [0.1, 0.15) is 19.8 Å². The number of morpholine rings is 1. The van der Waals surface area contributed by atoms with Crippen molar-refractivity contribution < 1.29 is 9.53 Å². The minimum atomic E-state index is -0.0945. The van der Waals surface area contributed by atoms with Crippen LogP contribution in [-0.4, -0.2) is 49.7 Å². The summed E-state index contributed by atoms with van der Waals surface area (Å²) in [5.41, 5.74) is 0. The van der Waals surface area contributed by atoms with Crippen molar-refractivity contribution in [2.24, 2.45) is 0 Å². The van der Waals surface area contributed by atoms with Gasteiger partial charge in [0.2, 0.25) is 5.91 Å². The van der Waals surface area contributed by atoms with E-state index in [0.717, 1.165) is 32.5 Å². The lowest BCUT2D eigenvalue weighted by molar-refractivity contribution is -0.137. The number of amides is 1. The third kappa shape index (κ3) is 4.33. The second-order valence-corrected chi connectivity index (χ2v) is 4.04. The van der Waals surface area contributed by atoms with Crippen LogP contribution in [0.3, 0.4) is 0 Å². The fraction of sp³-hybridized carbons (Fsp3) is 0.750. The molecule has 0 aromatic rings. The molecule has 1 saturated heterocycles. The SMILES string of the molecule is C=CCCCNC(C)C(=O)N1CCOCC1.